The number of nitrogens with one attached hydrogen (secondary N) is 2. The number of aromatic amines is 1. The first-order valence-corrected chi connectivity index (χ1v) is 5.56. The lowest BCUT2D eigenvalue weighted by molar-refractivity contribution is 0.0906. The van der Waals surface area contributed by atoms with Crippen LogP contribution in [0, 0.1) is 6.92 Å². The number of carbonyl (C=O) groups excluding carboxylic acids is 1. The molecule has 1 aromatic heterocycles. The standard InChI is InChI=1S/C12H14N4O2/c1-8-13-11(16-15-8)12(18)14-10(7-17)9-5-3-2-4-6-9/h2-6,10,17H,7H2,1H3,(H,14,18)(H,13,15,16). The highest BCUT2D eigenvalue weighted by Gasteiger charge is 2.17. The maximum Gasteiger partial charge on any atom is 0.291 e. The van der Waals surface area contributed by atoms with Gasteiger partial charge in [0.25, 0.3) is 5.91 Å². The van der Waals surface area contributed by atoms with Gasteiger partial charge in [0.15, 0.2) is 0 Å². The van der Waals surface area contributed by atoms with Crippen LogP contribution in [0.3, 0.4) is 0 Å². The van der Waals surface area contributed by atoms with E-state index in [2.05, 4.69) is 20.5 Å². The second kappa shape index (κ2) is 5.42. The normalized spacial score (nSPS) is 12.1. The van der Waals surface area contributed by atoms with Crippen LogP contribution in [0.2, 0.25) is 0 Å². The number of aliphatic hydroxyl groups is 1. The van der Waals surface area contributed by atoms with E-state index >= 15 is 0 Å². The Morgan fingerprint density at radius 1 is 1.44 bits per heavy atom. The van der Waals surface area contributed by atoms with Crippen molar-refractivity contribution in [3.63, 3.8) is 0 Å². The lowest BCUT2D eigenvalue weighted by atomic mass is 10.1. The van der Waals surface area contributed by atoms with E-state index < -0.39 is 11.9 Å². The van der Waals surface area contributed by atoms with Gasteiger partial charge in [-0.3, -0.25) is 9.89 Å². The van der Waals surface area contributed by atoms with Crippen molar-refractivity contribution < 1.29 is 9.90 Å². The van der Waals surface area contributed by atoms with E-state index in [1.165, 1.54) is 0 Å². The first-order chi connectivity index (χ1) is 8.70. The predicted molar refractivity (Wildman–Crippen MR) is 64.9 cm³/mol. The Kier molecular flexibility index (Phi) is 3.69. The minimum Gasteiger partial charge on any atom is -0.394 e. The number of carbonyl (C=O) groups is 1. The summed E-state index contributed by atoms with van der Waals surface area (Å²) in [5.74, 6) is 0.226. The third-order valence-electron chi connectivity index (χ3n) is 2.49. The van der Waals surface area contributed by atoms with Crippen molar-refractivity contribution in [2.45, 2.75) is 13.0 Å². The molecule has 0 saturated heterocycles. The molecule has 0 fully saturated rings. The molecule has 0 spiro atoms. The number of aromatic nitrogens is 3. The molecule has 1 amide bonds. The summed E-state index contributed by atoms with van der Waals surface area (Å²) in [4.78, 5) is 15.8. The highest BCUT2D eigenvalue weighted by molar-refractivity contribution is 5.90. The summed E-state index contributed by atoms with van der Waals surface area (Å²) in [6, 6.07) is 8.78. The van der Waals surface area contributed by atoms with Crippen LogP contribution in [0.5, 0.6) is 0 Å². The molecule has 3 N–H and O–H groups in total. The minimum atomic E-state index is -0.461. The molecule has 1 heterocycles. The second-order valence-electron chi connectivity index (χ2n) is 3.86. The molecule has 1 aromatic carbocycles. The fourth-order valence-electron chi connectivity index (χ4n) is 1.59. The van der Waals surface area contributed by atoms with Crippen LogP contribution >= 0.6 is 0 Å². The van der Waals surface area contributed by atoms with Crippen molar-refractivity contribution in [2.24, 2.45) is 0 Å². The number of rotatable bonds is 4. The Bertz CT molecular complexity index is 524. The van der Waals surface area contributed by atoms with Crippen LogP contribution < -0.4 is 5.32 Å². The topological polar surface area (TPSA) is 90.9 Å². The average Bonchev–Trinajstić information content (AvgIpc) is 2.83. The number of aryl methyl sites for hydroxylation is 1. The van der Waals surface area contributed by atoms with Gasteiger partial charge in [-0.15, -0.1) is 5.10 Å². The van der Waals surface area contributed by atoms with Gasteiger partial charge in [0.05, 0.1) is 12.6 Å². The SMILES string of the molecule is Cc1nc(C(=O)NC(CO)c2ccccc2)n[nH]1. The highest BCUT2D eigenvalue weighted by Crippen LogP contribution is 2.11. The molecule has 94 valence electrons. The summed E-state index contributed by atoms with van der Waals surface area (Å²) >= 11 is 0. The van der Waals surface area contributed by atoms with Crippen molar-refractivity contribution in [3.05, 3.63) is 47.5 Å². The summed E-state index contributed by atoms with van der Waals surface area (Å²) < 4.78 is 0. The molecular weight excluding hydrogens is 232 g/mol. The number of H-pyrrole nitrogens is 1. The van der Waals surface area contributed by atoms with Gasteiger partial charge in [-0.1, -0.05) is 30.3 Å². The monoisotopic (exact) mass is 246 g/mol. The minimum absolute atomic E-state index is 0.0712. The van der Waals surface area contributed by atoms with E-state index in [0.717, 1.165) is 5.56 Å². The van der Waals surface area contributed by atoms with Gasteiger partial charge < -0.3 is 10.4 Å². The summed E-state index contributed by atoms with van der Waals surface area (Å²) in [7, 11) is 0. The molecule has 1 atom stereocenters. The Morgan fingerprint density at radius 3 is 2.72 bits per heavy atom. The van der Waals surface area contributed by atoms with Crippen LogP contribution in [0.15, 0.2) is 30.3 Å². The number of hydrogen-bond donors (Lipinski definition) is 3. The number of hydrogen-bond acceptors (Lipinski definition) is 4. The van der Waals surface area contributed by atoms with Gasteiger partial charge in [-0.25, -0.2) is 4.98 Å². The molecule has 2 rings (SSSR count). The second-order valence-corrected chi connectivity index (χ2v) is 3.86. The van der Waals surface area contributed by atoms with Gasteiger partial charge in [-0.2, -0.15) is 0 Å². The summed E-state index contributed by atoms with van der Waals surface area (Å²) in [5.41, 5.74) is 0.834. The third-order valence-corrected chi connectivity index (χ3v) is 2.49. The van der Waals surface area contributed by atoms with Gasteiger partial charge in [0.1, 0.15) is 5.82 Å². The molecule has 0 aliphatic heterocycles. The van der Waals surface area contributed by atoms with Gasteiger partial charge in [0.2, 0.25) is 5.82 Å². The van der Waals surface area contributed by atoms with Crippen molar-refractivity contribution in [1.29, 1.82) is 0 Å². The highest BCUT2D eigenvalue weighted by atomic mass is 16.3. The van der Waals surface area contributed by atoms with E-state index in [0.29, 0.717) is 5.82 Å². The third kappa shape index (κ3) is 2.72. The van der Waals surface area contributed by atoms with Crippen LogP contribution in [-0.4, -0.2) is 32.8 Å². The van der Waals surface area contributed by atoms with Crippen molar-refractivity contribution in [2.75, 3.05) is 6.61 Å². The summed E-state index contributed by atoms with van der Waals surface area (Å²) in [6.07, 6.45) is 0. The van der Waals surface area contributed by atoms with Crippen LogP contribution in [0.4, 0.5) is 0 Å². The number of nitrogens with zero attached hydrogens (tertiary/aromatic N) is 2. The largest absolute Gasteiger partial charge is 0.394 e. The quantitative estimate of drug-likeness (QED) is 0.735. The van der Waals surface area contributed by atoms with Crippen molar-refractivity contribution in [1.82, 2.24) is 20.5 Å². The number of aliphatic hydroxyl groups excluding tert-OH is 1. The van der Waals surface area contributed by atoms with E-state index in [-0.39, 0.29) is 12.4 Å². The number of amides is 1. The lowest BCUT2D eigenvalue weighted by Gasteiger charge is -2.15. The predicted octanol–water partition coefficient (Wildman–Crippen LogP) is 0.577. The van der Waals surface area contributed by atoms with Crippen LogP contribution in [0.25, 0.3) is 0 Å². The molecule has 6 nitrogen and oxygen atoms in total. The lowest BCUT2D eigenvalue weighted by Crippen LogP contribution is -2.31. The number of benzene rings is 1. The van der Waals surface area contributed by atoms with Crippen LogP contribution in [-0.2, 0) is 0 Å². The zero-order valence-corrected chi connectivity index (χ0v) is 9.92. The Labute approximate surface area is 104 Å². The molecule has 2 aromatic rings. The zero-order chi connectivity index (χ0) is 13.0. The molecule has 1 unspecified atom stereocenters. The molecular formula is C12H14N4O2. The summed E-state index contributed by atoms with van der Waals surface area (Å²) in [6.45, 7) is 1.53. The maximum atomic E-state index is 11.8. The molecule has 0 saturated carbocycles. The Balaban J connectivity index is 2.10. The van der Waals surface area contributed by atoms with Gasteiger partial charge in [-0.05, 0) is 12.5 Å². The summed E-state index contributed by atoms with van der Waals surface area (Å²) in [5, 5.41) is 18.4. The first kappa shape index (κ1) is 12.3. The average molecular weight is 246 g/mol. The maximum absolute atomic E-state index is 11.8. The molecule has 0 radical (unpaired) electrons. The molecule has 0 bridgehead atoms. The Morgan fingerprint density at radius 2 is 2.17 bits per heavy atom. The van der Waals surface area contributed by atoms with E-state index in [1.807, 2.05) is 30.3 Å². The van der Waals surface area contributed by atoms with E-state index in [4.69, 9.17) is 0 Å². The first-order valence-electron chi connectivity index (χ1n) is 5.56. The molecule has 6 heteroatoms. The molecule has 0 aliphatic carbocycles. The van der Waals surface area contributed by atoms with Crippen molar-refractivity contribution in [3.8, 4) is 0 Å². The van der Waals surface area contributed by atoms with Crippen LogP contribution in [0.1, 0.15) is 28.0 Å². The van der Waals surface area contributed by atoms with Crippen molar-refractivity contribution >= 4 is 5.91 Å². The van der Waals surface area contributed by atoms with E-state index in [1.54, 1.807) is 6.92 Å². The Hall–Kier alpha value is -2.21. The van der Waals surface area contributed by atoms with Gasteiger partial charge in [0, 0.05) is 0 Å². The van der Waals surface area contributed by atoms with E-state index in [9.17, 15) is 9.90 Å². The van der Waals surface area contributed by atoms with Gasteiger partial charge >= 0.3 is 0 Å². The fourth-order valence-corrected chi connectivity index (χ4v) is 1.59. The molecule has 0 aliphatic rings. The molecule has 18 heavy (non-hydrogen) atoms. The fraction of sp³-hybridized carbons (Fsp3) is 0.250. The smallest absolute Gasteiger partial charge is 0.291 e. The zero-order valence-electron chi connectivity index (χ0n) is 9.92.